The molecule has 30 heavy (non-hydrogen) atoms. The quantitative estimate of drug-likeness (QED) is 0.290. The molecule has 0 fully saturated rings. The van der Waals surface area contributed by atoms with Crippen molar-refractivity contribution in [3.05, 3.63) is 39.2 Å². The number of thiazole rings is 2. The Balaban J connectivity index is 1.78. The molecule has 3 aromatic rings. The van der Waals surface area contributed by atoms with Gasteiger partial charge in [-0.3, -0.25) is 9.69 Å². The van der Waals surface area contributed by atoms with Gasteiger partial charge in [0.2, 0.25) is 5.91 Å². The number of aryl methyl sites for hydroxylation is 1. The summed E-state index contributed by atoms with van der Waals surface area (Å²) in [5, 5.41) is 5.43. The van der Waals surface area contributed by atoms with Crippen molar-refractivity contribution in [2.24, 2.45) is 0 Å². The maximum Gasteiger partial charge on any atom is 0.350 e. The van der Waals surface area contributed by atoms with E-state index in [1.54, 1.807) is 41.4 Å². The van der Waals surface area contributed by atoms with E-state index in [1.807, 2.05) is 22.9 Å². The second kappa shape index (κ2) is 10.8. The molecule has 0 saturated carbocycles. The van der Waals surface area contributed by atoms with Crippen LogP contribution in [0.15, 0.2) is 22.9 Å². The van der Waals surface area contributed by atoms with Gasteiger partial charge in [0.1, 0.15) is 9.88 Å². The zero-order valence-electron chi connectivity index (χ0n) is 17.3. The normalized spacial score (nSPS) is 10.9. The Morgan fingerprint density at radius 2 is 2.00 bits per heavy atom. The third kappa shape index (κ3) is 5.53. The third-order valence-corrected chi connectivity index (χ3v) is 7.47. The predicted molar refractivity (Wildman–Crippen MR) is 124 cm³/mol. The summed E-state index contributed by atoms with van der Waals surface area (Å²) in [7, 11) is 0. The summed E-state index contributed by atoms with van der Waals surface area (Å²) in [6.45, 7) is 6.55. The number of aromatic nitrogens is 2. The van der Waals surface area contributed by atoms with E-state index in [2.05, 4.69) is 16.9 Å². The van der Waals surface area contributed by atoms with E-state index in [1.165, 1.54) is 11.3 Å². The van der Waals surface area contributed by atoms with E-state index in [4.69, 9.17) is 4.74 Å². The number of esters is 1. The fourth-order valence-electron chi connectivity index (χ4n) is 2.88. The first-order valence-electron chi connectivity index (χ1n) is 9.96. The maximum atomic E-state index is 13.2. The standard InChI is InChI=1S/C21H25N3O3S3/c1-4-6-7-10-24(21-22-14(3)18(30-21)20(26)27-5-2)17(25)12-15-13-29-19(23-15)16-9-8-11-28-16/h8-9,11,13H,4-7,10,12H2,1-3H3. The topological polar surface area (TPSA) is 72.4 Å². The molecule has 1 amide bonds. The van der Waals surface area contributed by atoms with Gasteiger partial charge in [0.05, 0.1) is 29.3 Å². The number of ether oxygens (including phenoxy) is 1. The highest BCUT2D eigenvalue weighted by atomic mass is 32.1. The highest BCUT2D eigenvalue weighted by molar-refractivity contribution is 7.20. The number of thiophene rings is 1. The number of hydrogen-bond donors (Lipinski definition) is 0. The number of rotatable bonds is 10. The second-order valence-electron chi connectivity index (χ2n) is 6.68. The summed E-state index contributed by atoms with van der Waals surface area (Å²) in [5.74, 6) is -0.446. The smallest absolute Gasteiger partial charge is 0.350 e. The minimum atomic E-state index is -0.389. The molecule has 0 atom stereocenters. The van der Waals surface area contributed by atoms with Crippen molar-refractivity contribution >= 4 is 51.0 Å². The second-order valence-corrected chi connectivity index (χ2v) is 9.47. The molecule has 3 rings (SSSR count). The largest absolute Gasteiger partial charge is 0.462 e. The molecule has 0 aliphatic carbocycles. The van der Waals surface area contributed by atoms with Gasteiger partial charge in [0.25, 0.3) is 0 Å². The molecule has 0 saturated heterocycles. The molecule has 0 aromatic carbocycles. The van der Waals surface area contributed by atoms with Crippen LogP contribution < -0.4 is 4.90 Å². The van der Waals surface area contributed by atoms with Gasteiger partial charge in [-0.05, 0) is 31.7 Å². The minimum absolute atomic E-state index is 0.0571. The summed E-state index contributed by atoms with van der Waals surface area (Å²) < 4.78 is 5.12. The van der Waals surface area contributed by atoms with E-state index in [0.717, 1.165) is 34.8 Å². The van der Waals surface area contributed by atoms with Gasteiger partial charge in [-0.25, -0.2) is 14.8 Å². The maximum absolute atomic E-state index is 13.2. The lowest BCUT2D eigenvalue weighted by molar-refractivity contribution is -0.118. The summed E-state index contributed by atoms with van der Waals surface area (Å²) in [6, 6.07) is 4.02. The van der Waals surface area contributed by atoms with E-state index in [9.17, 15) is 9.59 Å². The van der Waals surface area contributed by atoms with Crippen LogP contribution >= 0.6 is 34.0 Å². The molecular weight excluding hydrogens is 438 g/mol. The Hall–Kier alpha value is -2.10. The molecule has 3 heterocycles. The van der Waals surface area contributed by atoms with E-state index in [0.29, 0.717) is 28.9 Å². The first-order chi connectivity index (χ1) is 14.5. The highest BCUT2D eigenvalue weighted by Gasteiger charge is 2.24. The molecule has 9 heteroatoms. The van der Waals surface area contributed by atoms with Crippen molar-refractivity contribution < 1.29 is 14.3 Å². The predicted octanol–water partition coefficient (Wildman–Crippen LogP) is 5.58. The van der Waals surface area contributed by atoms with Gasteiger partial charge in [-0.2, -0.15) is 0 Å². The van der Waals surface area contributed by atoms with Gasteiger partial charge in [-0.1, -0.05) is 37.2 Å². The summed E-state index contributed by atoms with van der Waals surface area (Å²) in [6.07, 6.45) is 3.18. The lowest BCUT2D eigenvalue weighted by atomic mass is 10.2. The average molecular weight is 464 g/mol. The monoisotopic (exact) mass is 463 g/mol. The van der Waals surface area contributed by atoms with Crippen molar-refractivity contribution in [2.45, 2.75) is 46.5 Å². The number of carbonyl (C=O) groups excluding carboxylic acids is 2. The van der Waals surface area contributed by atoms with Crippen molar-refractivity contribution in [1.82, 2.24) is 9.97 Å². The van der Waals surface area contributed by atoms with Crippen molar-refractivity contribution in [3.8, 4) is 9.88 Å². The van der Waals surface area contributed by atoms with Gasteiger partial charge in [-0.15, -0.1) is 22.7 Å². The Morgan fingerprint density at radius 1 is 1.17 bits per heavy atom. The fourth-order valence-corrected chi connectivity index (χ4v) is 5.52. The fraction of sp³-hybridized carbons (Fsp3) is 0.429. The Morgan fingerprint density at radius 3 is 2.70 bits per heavy atom. The summed E-state index contributed by atoms with van der Waals surface area (Å²) in [5.41, 5.74) is 1.35. The van der Waals surface area contributed by atoms with E-state index < -0.39 is 0 Å². The molecule has 0 radical (unpaired) electrons. The first-order valence-corrected chi connectivity index (χ1v) is 12.5. The highest BCUT2D eigenvalue weighted by Crippen LogP contribution is 2.30. The van der Waals surface area contributed by atoms with E-state index in [-0.39, 0.29) is 18.3 Å². The Bertz CT molecular complexity index is 979. The average Bonchev–Trinajstić information content (AvgIpc) is 3.46. The molecule has 160 valence electrons. The number of anilines is 1. The number of amides is 1. The van der Waals surface area contributed by atoms with Gasteiger partial charge in [0, 0.05) is 11.9 Å². The van der Waals surface area contributed by atoms with Crippen LogP contribution in [0, 0.1) is 6.92 Å². The van der Waals surface area contributed by atoms with Crippen LogP contribution in [-0.2, 0) is 16.0 Å². The van der Waals surface area contributed by atoms with Crippen molar-refractivity contribution in [3.63, 3.8) is 0 Å². The minimum Gasteiger partial charge on any atom is -0.462 e. The lowest BCUT2D eigenvalue weighted by Gasteiger charge is -2.19. The zero-order valence-corrected chi connectivity index (χ0v) is 19.8. The number of nitrogens with zero attached hydrogens (tertiary/aromatic N) is 3. The molecule has 0 aliphatic rings. The van der Waals surface area contributed by atoms with Crippen molar-refractivity contribution in [2.75, 3.05) is 18.1 Å². The van der Waals surface area contributed by atoms with E-state index >= 15 is 0 Å². The number of unbranched alkanes of at least 4 members (excludes halogenated alkanes) is 2. The molecule has 0 unspecified atom stereocenters. The summed E-state index contributed by atoms with van der Waals surface area (Å²) >= 11 is 4.40. The molecule has 6 nitrogen and oxygen atoms in total. The van der Waals surface area contributed by atoms with Crippen LogP contribution in [0.2, 0.25) is 0 Å². The molecule has 0 aliphatic heterocycles. The SMILES string of the molecule is CCCCCN(C(=O)Cc1csc(-c2cccs2)n1)c1nc(C)c(C(=O)OCC)s1. The summed E-state index contributed by atoms with van der Waals surface area (Å²) in [4.78, 5) is 37.7. The first kappa shape index (κ1) is 22.6. The molecule has 0 spiro atoms. The molecular formula is C21H25N3O3S3. The van der Waals surface area contributed by atoms with Crippen LogP contribution in [0.3, 0.4) is 0 Å². The van der Waals surface area contributed by atoms with Crippen LogP contribution in [0.25, 0.3) is 9.88 Å². The van der Waals surface area contributed by atoms with Gasteiger partial charge >= 0.3 is 5.97 Å². The van der Waals surface area contributed by atoms with Gasteiger partial charge in [0.15, 0.2) is 5.13 Å². The molecule has 0 N–H and O–H groups in total. The Labute approximate surface area is 188 Å². The van der Waals surface area contributed by atoms with Gasteiger partial charge < -0.3 is 4.74 Å². The number of carbonyl (C=O) groups is 2. The third-order valence-electron chi connectivity index (χ3n) is 4.38. The van der Waals surface area contributed by atoms with Crippen LogP contribution in [0.5, 0.6) is 0 Å². The zero-order chi connectivity index (χ0) is 21.5. The Kier molecular flexibility index (Phi) is 8.12. The van der Waals surface area contributed by atoms with Crippen LogP contribution in [-0.4, -0.2) is 35.0 Å². The number of hydrogen-bond acceptors (Lipinski definition) is 8. The lowest BCUT2D eigenvalue weighted by Crippen LogP contribution is -2.33. The van der Waals surface area contributed by atoms with Crippen molar-refractivity contribution in [1.29, 1.82) is 0 Å². The molecule has 3 aromatic heterocycles. The van der Waals surface area contributed by atoms with Crippen LogP contribution in [0.4, 0.5) is 5.13 Å². The van der Waals surface area contributed by atoms with Crippen LogP contribution in [0.1, 0.15) is 54.2 Å². The molecule has 0 bridgehead atoms.